The molecule has 0 fully saturated rings. The number of hydrogen-bond donors (Lipinski definition) is 3. The van der Waals surface area contributed by atoms with Crippen LogP contribution in [-0.4, -0.2) is 48.7 Å². The van der Waals surface area contributed by atoms with E-state index < -0.39 is 0 Å². The summed E-state index contributed by atoms with van der Waals surface area (Å²) < 4.78 is 0. The van der Waals surface area contributed by atoms with Gasteiger partial charge < -0.3 is 21.2 Å². The van der Waals surface area contributed by atoms with Crippen molar-refractivity contribution in [3.8, 4) is 0 Å². The molecule has 5 heteroatoms. The van der Waals surface area contributed by atoms with Crippen LogP contribution in [0.3, 0.4) is 0 Å². The summed E-state index contributed by atoms with van der Waals surface area (Å²) >= 11 is 0. The minimum atomic E-state index is 0.211. The maximum atomic E-state index is 8.50. The van der Waals surface area contributed by atoms with Crippen molar-refractivity contribution in [2.75, 3.05) is 20.6 Å². The Balaban J connectivity index is 4.18. The molecule has 0 saturated heterocycles. The normalized spacial score (nSPS) is 16.8. The van der Waals surface area contributed by atoms with Crippen LogP contribution >= 0.6 is 0 Å². The van der Waals surface area contributed by atoms with E-state index in [1.54, 1.807) is 0 Å². The van der Waals surface area contributed by atoms with E-state index in [0.29, 0.717) is 18.4 Å². The van der Waals surface area contributed by atoms with Gasteiger partial charge in [0.2, 0.25) is 0 Å². The molecular weight excluding hydrogens is 204 g/mol. The highest BCUT2D eigenvalue weighted by Crippen LogP contribution is 2.05. The second kappa shape index (κ2) is 7.46. The van der Waals surface area contributed by atoms with E-state index in [4.69, 9.17) is 10.9 Å². The van der Waals surface area contributed by atoms with E-state index in [1.165, 1.54) is 0 Å². The van der Waals surface area contributed by atoms with Crippen LogP contribution in [0.2, 0.25) is 0 Å². The second-order valence-electron chi connectivity index (χ2n) is 4.98. The number of nitrogens with one attached hydrogen (secondary N) is 1. The Morgan fingerprint density at radius 2 is 1.94 bits per heavy atom. The van der Waals surface area contributed by atoms with Crippen LogP contribution in [0, 0.1) is 5.92 Å². The van der Waals surface area contributed by atoms with Crippen LogP contribution in [0.5, 0.6) is 0 Å². The fraction of sp³-hybridized carbons (Fsp3) is 0.909. The molecule has 2 unspecified atom stereocenters. The number of oxime groups is 1. The summed E-state index contributed by atoms with van der Waals surface area (Å²) in [6.45, 7) is 7.41. The zero-order valence-electron chi connectivity index (χ0n) is 11.1. The lowest BCUT2D eigenvalue weighted by Crippen LogP contribution is -2.47. The molecule has 16 heavy (non-hydrogen) atoms. The van der Waals surface area contributed by atoms with Gasteiger partial charge in [-0.25, -0.2) is 0 Å². The van der Waals surface area contributed by atoms with Gasteiger partial charge in [-0.2, -0.15) is 0 Å². The highest BCUT2D eigenvalue weighted by Gasteiger charge is 2.17. The van der Waals surface area contributed by atoms with Gasteiger partial charge in [0.1, 0.15) is 5.84 Å². The van der Waals surface area contributed by atoms with E-state index in [0.717, 1.165) is 6.54 Å². The number of hydrogen-bond acceptors (Lipinski definition) is 4. The first-order chi connectivity index (χ1) is 7.36. The third-order valence-corrected chi connectivity index (χ3v) is 2.51. The van der Waals surface area contributed by atoms with Crippen LogP contribution in [0.4, 0.5) is 0 Å². The van der Waals surface area contributed by atoms with Gasteiger partial charge in [-0.1, -0.05) is 19.0 Å². The van der Waals surface area contributed by atoms with Crippen molar-refractivity contribution in [2.24, 2.45) is 16.8 Å². The van der Waals surface area contributed by atoms with Crippen molar-refractivity contribution < 1.29 is 5.21 Å². The summed E-state index contributed by atoms with van der Waals surface area (Å²) in [4.78, 5) is 2.16. The van der Waals surface area contributed by atoms with E-state index in [2.05, 4.69) is 43.3 Å². The Bertz CT molecular complexity index is 216. The predicted octanol–water partition coefficient (Wildman–Crippen LogP) is 0.687. The third-order valence-electron chi connectivity index (χ3n) is 2.51. The van der Waals surface area contributed by atoms with Crippen molar-refractivity contribution in [1.82, 2.24) is 10.2 Å². The molecule has 0 aromatic rings. The second-order valence-corrected chi connectivity index (χ2v) is 4.98. The van der Waals surface area contributed by atoms with Crippen molar-refractivity contribution in [3.05, 3.63) is 0 Å². The summed E-state index contributed by atoms with van der Waals surface area (Å²) in [6, 6.07) is 0.625. The summed E-state index contributed by atoms with van der Waals surface area (Å²) in [5.41, 5.74) is 5.48. The lowest BCUT2D eigenvalue weighted by Gasteiger charge is -2.28. The molecule has 0 radical (unpaired) electrons. The Labute approximate surface area is 98.7 Å². The Morgan fingerprint density at radius 3 is 2.31 bits per heavy atom. The summed E-state index contributed by atoms with van der Waals surface area (Å²) in [5, 5.41) is 15.0. The third kappa shape index (κ3) is 6.63. The van der Waals surface area contributed by atoms with E-state index in [-0.39, 0.29) is 11.9 Å². The molecule has 0 spiro atoms. The number of amidine groups is 1. The monoisotopic (exact) mass is 230 g/mol. The highest BCUT2D eigenvalue weighted by molar-refractivity contribution is 5.80. The molecule has 0 aliphatic rings. The summed E-state index contributed by atoms with van der Waals surface area (Å²) in [5.74, 6) is 0.824. The molecule has 0 bridgehead atoms. The average Bonchev–Trinajstić information content (AvgIpc) is 2.15. The predicted molar refractivity (Wildman–Crippen MR) is 67.8 cm³/mol. The lowest BCUT2D eigenvalue weighted by atomic mass is 10.0. The molecule has 0 heterocycles. The largest absolute Gasteiger partial charge is 0.409 e. The molecule has 0 rings (SSSR count). The molecule has 4 N–H and O–H groups in total. The average molecular weight is 230 g/mol. The smallest absolute Gasteiger partial charge is 0.140 e. The lowest BCUT2D eigenvalue weighted by molar-refractivity contribution is 0.272. The molecule has 0 aliphatic carbocycles. The van der Waals surface area contributed by atoms with Gasteiger partial charge in [-0.3, -0.25) is 0 Å². The first-order valence-electron chi connectivity index (χ1n) is 5.74. The minimum absolute atomic E-state index is 0.211. The zero-order chi connectivity index (χ0) is 12.7. The molecule has 0 aromatic heterocycles. The molecule has 0 saturated carbocycles. The first kappa shape index (κ1) is 15.2. The van der Waals surface area contributed by atoms with Gasteiger partial charge in [0.05, 0.1) is 0 Å². The molecule has 0 aromatic carbocycles. The fourth-order valence-electron chi connectivity index (χ4n) is 1.63. The maximum Gasteiger partial charge on any atom is 0.140 e. The molecule has 96 valence electrons. The van der Waals surface area contributed by atoms with Gasteiger partial charge in [0.25, 0.3) is 0 Å². The van der Waals surface area contributed by atoms with Gasteiger partial charge in [0, 0.05) is 25.0 Å². The molecule has 0 aliphatic heterocycles. The van der Waals surface area contributed by atoms with Gasteiger partial charge in [-0.15, -0.1) is 0 Å². The number of nitrogens with two attached hydrogens (primary N) is 1. The standard InChI is InChI=1S/C11H26N4O/c1-8(2)10(7-15(4)5)13-9(3)6-11(12)14-16/h8-10,13,16H,6-7H2,1-5H3,(H2,12,14). The molecule has 0 amide bonds. The van der Waals surface area contributed by atoms with Gasteiger partial charge in [-0.05, 0) is 26.9 Å². The van der Waals surface area contributed by atoms with Crippen LogP contribution in [0.15, 0.2) is 5.16 Å². The van der Waals surface area contributed by atoms with Gasteiger partial charge >= 0.3 is 0 Å². The quantitative estimate of drug-likeness (QED) is 0.260. The Hall–Kier alpha value is -0.810. The molecule has 5 nitrogen and oxygen atoms in total. The van der Waals surface area contributed by atoms with Crippen molar-refractivity contribution in [3.63, 3.8) is 0 Å². The topological polar surface area (TPSA) is 73.9 Å². The van der Waals surface area contributed by atoms with Crippen molar-refractivity contribution in [1.29, 1.82) is 0 Å². The van der Waals surface area contributed by atoms with Crippen LogP contribution < -0.4 is 11.1 Å². The van der Waals surface area contributed by atoms with Gasteiger partial charge in [0.15, 0.2) is 0 Å². The summed E-state index contributed by atoms with van der Waals surface area (Å²) in [6.07, 6.45) is 0.563. The van der Waals surface area contributed by atoms with Crippen LogP contribution in [0.25, 0.3) is 0 Å². The Kier molecular flexibility index (Phi) is 7.08. The minimum Gasteiger partial charge on any atom is -0.409 e. The van der Waals surface area contributed by atoms with Crippen LogP contribution in [-0.2, 0) is 0 Å². The Morgan fingerprint density at radius 1 is 1.38 bits per heavy atom. The number of nitrogens with zero attached hydrogens (tertiary/aromatic N) is 2. The molecule has 2 atom stereocenters. The first-order valence-corrected chi connectivity index (χ1v) is 5.74. The fourth-order valence-corrected chi connectivity index (χ4v) is 1.63. The van der Waals surface area contributed by atoms with Crippen molar-refractivity contribution in [2.45, 2.75) is 39.3 Å². The number of rotatable bonds is 7. The van der Waals surface area contributed by atoms with E-state index in [9.17, 15) is 0 Å². The van der Waals surface area contributed by atoms with E-state index in [1.807, 2.05) is 6.92 Å². The van der Waals surface area contributed by atoms with E-state index >= 15 is 0 Å². The highest BCUT2D eigenvalue weighted by atomic mass is 16.4. The van der Waals surface area contributed by atoms with Crippen molar-refractivity contribution >= 4 is 5.84 Å². The molecular formula is C11H26N4O. The SMILES string of the molecule is CC(CC(N)=NO)NC(CN(C)C)C(C)C. The summed E-state index contributed by atoms with van der Waals surface area (Å²) in [7, 11) is 4.12. The zero-order valence-corrected chi connectivity index (χ0v) is 11.1. The van der Waals surface area contributed by atoms with Crippen LogP contribution in [0.1, 0.15) is 27.2 Å². The number of likely N-dealkylation sites (N-methyl/N-ethyl adjacent to an activating group) is 1. The maximum absolute atomic E-state index is 8.50.